The van der Waals surface area contributed by atoms with Crippen LogP contribution in [-0.4, -0.2) is 17.1 Å². The van der Waals surface area contributed by atoms with Gasteiger partial charge in [0, 0.05) is 21.5 Å². The van der Waals surface area contributed by atoms with Crippen LogP contribution < -0.4 is 10.6 Å². The van der Waals surface area contributed by atoms with Crippen molar-refractivity contribution in [3.05, 3.63) is 53.0 Å². The molecule has 2 aromatic rings. The van der Waals surface area contributed by atoms with Gasteiger partial charge in [0.25, 0.3) is 0 Å². The van der Waals surface area contributed by atoms with E-state index >= 15 is 0 Å². The number of carbonyl (C=O) groups is 2. The van der Waals surface area contributed by atoms with Gasteiger partial charge in [-0.05, 0) is 58.6 Å². The number of hydrogen-bond donors (Lipinski definition) is 2. The zero-order valence-electron chi connectivity index (χ0n) is 16.0. The van der Waals surface area contributed by atoms with Crippen LogP contribution in [0.25, 0.3) is 0 Å². The number of rotatable bonds is 6. The van der Waals surface area contributed by atoms with Crippen molar-refractivity contribution in [2.75, 3.05) is 10.6 Å². The molecule has 0 spiro atoms. The van der Waals surface area contributed by atoms with Crippen molar-refractivity contribution in [2.45, 2.75) is 44.3 Å². The third-order valence-electron chi connectivity index (χ3n) is 3.62. The van der Waals surface area contributed by atoms with Gasteiger partial charge in [0.1, 0.15) is 0 Å². The fraction of sp³-hybridized carbons (Fsp3) is 0.333. The number of amides is 2. The highest BCUT2D eigenvalue weighted by Crippen LogP contribution is 2.28. The van der Waals surface area contributed by atoms with Gasteiger partial charge < -0.3 is 10.6 Å². The molecule has 6 heteroatoms. The summed E-state index contributed by atoms with van der Waals surface area (Å²) in [4.78, 5) is 25.5. The fourth-order valence-corrected chi connectivity index (χ4v) is 3.70. The average Bonchev–Trinajstić information content (AvgIpc) is 2.55. The summed E-state index contributed by atoms with van der Waals surface area (Å²) in [5.41, 5.74) is 1.43. The molecule has 0 aliphatic carbocycles. The highest BCUT2D eigenvalue weighted by atomic mass is 79.9. The van der Waals surface area contributed by atoms with Gasteiger partial charge >= 0.3 is 0 Å². The maximum absolute atomic E-state index is 12.5. The molecular weight excluding hydrogens is 424 g/mol. The predicted molar refractivity (Wildman–Crippen MR) is 117 cm³/mol. The van der Waals surface area contributed by atoms with Crippen LogP contribution in [0.5, 0.6) is 0 Å². The number of nitrogens with one attached hydrogen (secondary N) is 2. The Morgan fingerprint density at radius 3 is 2.44 bits per heavy atom. The van der Waals surface area contributed by atoms with E-state index in [0.717, 1.165) is 20.7 Å². The van der Waals surface area contributed by atoms with E-state index in [1.165, 1.54) is 11.8 Å². The first kappa shape index (κ1) is 21.5. The van der Waals surface area contributed by atoms with Crippen molar-refractivity contribution in [3.63, 3.8) is 0 Å². The minimum atomic E-state index is -0.280. The maximum Gasteiger partial charge on any atom is 0.237 e. The molecule has 0 saturated heterocycles. The predicted octanol–water partition coefficient (Wildman–Crippen LogP) is 5.94. The van der Waals surface area contributed by atoms with Crippen LogP contribution in [0.15, 0.2) is 57.9 Å². The molecule has 1 atom stereocenters. The molecule has 0 aliphatic rings. The lowest BCUT2D eigenvalue weighted by Crippen LogP contribution is -2.22. The van der Waals surface area contributed by atoms with Crippen molar-refractivity contribution in [1.82, 2.24) is 0 Å². The summed E-state index contributed by atoms with van der Waals surface area (Å²) < 4.78 is 0.846. The van der Waals surface area contributed by atoms with E-state index in [-0.39, 0.29) is 22.5 Å². The highest BCUT2D eigenvalue weighted by molar-refractivity contribution is 9.10. The first-order chi connectivity index (χ1) is 12.6. The van der Waals surface area contributed by atoms with Crippen LogP contribution in [0.4, 0.5) is 11.4 Å². The molecule has 144 valence electrons. The van der Waals surface area contributed by atoms with Crippen molar-refractivity contribution < 1.29 is 9.59 Å². The largest absolute Gasteiger partial charge is 0.326 e. The second-order valence-electron chi connectivity index (χ2n) is 7.54. The molecule has 0 fully saturated rings. The second-order valence-corrected chi connectivity index (χ2v) is 9.81. The molecule has 0 saturated carbocycles. The SMILES string of the molecule is CC(Sc1cccc(NC(=O)CC(C)(C)C)c1)C(=O)Nc1ccccc1Br. The van der Waals surface area contributed by atoms with E-state index < -0.39 is 0 Å². The summed E-state index contributed by atoms with van der Waals surface area (Å²) in [6.07, 6.45) is 0.454. The Bertz CT molecular complexity index is 818. The quantitative estimate of drug-likeness (QED) is 0.537. The molecule has 0 heterocycles. The molecule has 2 amide bonds. The Hall–Kier alpha value is -1.79. The summed E-state index contributed by atoms with van der Waals surface area (Å²) in [5.74, 6) is -0.0848. The number of benzene rings is 2. The van der Waals surface area contributed by atoms with E-state index in [2.05, 4.69) is 26.6 Å². The van der Waals surface area contributed by atoms with Gasteiger partial charge in [0.05, 0.1) is 10.9 Å². The van der Waals surface area contributed by atoms with Gasteiger partial charge in [-0.2, -0.15) is 0 Å². The van der Waals surface area contributed by atoms with E-state index in [0.29, 0.717) is 6.42 Å². The number of para-hydroxylation sites is 1. The standard InChI is InChI=1S/C21H25BrN2O2S/c1-14(20(26)24-18-11-6-5-10-17(18)22)27-16-9-7-8-15(12-16)23-19(25)13-21(2,3)4/h5-12,14H,13H2,1-4H3,(H,23,25)(H,24,26). The fourth-order valence-electron chi connectivity index (χ4n) is 2.39. The van der Waals surface area contributed by atoms with E-state index in [4.69, 9.17) is 0 Å². The molecular formula is C21H25BrN2O2S. The number of halogens is 1. The lowest BCUT2D eigenvalue weighted by molar-refractivity contribution is -0.118. The molecule has 27 heavy (non-hydrogen) atoms. The third kappa shape index (κ3) is 7.39. The highest BCUT2D eigenvalue weighted by Gasteiger charge is 2.17. The van der Waals surface area contributed by atoms with Crippen molar-refractivity contribution in [3.8, 4) is 0 Å². The monoisotopic (exact) mass is 448 g/mol. The molecule has 2 aromatic carbocycles. The van der Waals surface area contributed by atoms with Crippen LogP contribution in [-0.2, 0) is 9.59 Å². The van der Waals surface area contributed by atoms with Crippen LogP contribution >= 0.6 is 27.7 Å². The maximum atomic E-state index is 12.5. The van der Waals surface area contributed by atoms with Crippen LogP contribution in [0.3, 0.4) is 0 Å². The Labute approximate surface area is 173 Å². The molecule has 0 radical (unpaired) electrons. The van der Waals surface area contributed by atoms with Crippen LogP contribution in [0.1, 0.15) is 34.1 Å². The molecule has 2 N–H and O–H groups in total. The summed E-state index contributed by atoms with van der Waals surface area (Å²) >= 11 is 4.88. The first-order valence-corrected chi connectivity index (χ1v) is 10.4. The zero-order valence-corrected chi connectivity index (χ0v) is 18.4. The van der Waals surface area contributed by atoms with Crippen molar-refractivity contribution >= 4 is 50.9 Å². The van der Waals surface area contributed by atoms with Gasteiger partial charge in [-0.3, -0.25) is 9.59 Å². The minimum absolute atomic E-state index is 0.00984. The van der Waals surface area contributed by atoms with Gasteiger partial charge in [-0.25, -0.2) is 0 Å². The molecule has 1 unspecified atom stereocenters. The summed E-state index contributed by atoms with van der Waals surface area (Å²) in [7, 11) is 0. The van der Waals surface area contributed by atoms with Gasteiger partial charge in [-0.1, -0.05) is 39.0 Å². The Balaban J connectivity index is 1.97. The molecule has 4 nitrogen and oxygen atoms in total. The van der Waals surface area contributed by atoms with E-state index in [9.17, 15) is 9.59 Å². The summed E-state index contributed by atoms with van der Waals surface area (Å²) in [6, 6.07) is 15.1. The molecule has 0 aliphatic heterocycles. The van der Waals surface area contributed by atoms with Gasteiger partial charge in [0.2, 0.25) is 11.8 Å². The van der Waals surface area contributed by atoms with Gasteiger partial charge in [-0.15, -0.1) is 11.8 Å². The van der Waals surface area contributed by atoms with Crippen molar-refractivity contribution in [2.24, 2.45) is 5.41 Å². The number of thioether (sulfide) groups is 1. The smallest absolute Gasteiger partial charge is 0.237 e. The third-order valence-corrected chi connectivity index (χ3v) is 5.41. The Morgan fingerprint density at radius 1 is 1.07 bits per heavy atom. The topological polar surface area (TPSA) is 58.2 Å². The van der Waals surface area contributed by atoms with Crippen molar-refractivity contribution in [1.29, 1.82) is 0 Å². The number of hydrogen-bond acceptors (Lipinski definition) is 3. The Morgan fingerprint density at radius 2 is 1.78 bits per heavy atom. The molecule has 0 bridgehead atoms. The van der Waals surface area contributed by atoms with Crippen LogP contribution in [0, 0.1) is 5.41 Å². The first-order valence-electron chi connectivity index (χ1n) is 8.76. The van der Waals surface area contributed by atoms with Crippen LogP contribution in [0.2, 0.25) is 0 Å². The number of carbonyl (C=O) groups excluding carboxylic acids is 2. The molecule has 0 aromatic heterocycles. The summed E-state index contributed by atoms with van der Waals surface area (Å²) in [6.45, 7) is 7.96. The number of anilines is 2. The zero-order chi connectivity index (χ0) is 20.0. The lowest BCUT2D eigenvalue weighted by Gasteiger charge is -2.17. The van der Waals surface area contributed by atoms with Gasteiger partial charge in [0.15, 0.2) is 0 Å². The normalized spacial score (nSPS) is 12.3. The Kier molecular flexibility index (Phi) is 7.50. The summed E-state index contributed by atoms with van der Waals surface area (Å²) in [5, 5.41) is 5.58. The van der Waals surface area contributed by atoms with E-state index in [1.54, 1.807) is 0 Å². The average molecular weight is 449 g/mol. The molecule has 2 rings (SSSR count). The minimum Gasteiger partial charge on any atom is -0.326 e. The van der Waals surface area contributed by atoms with E-state index in [1.807, 2.05) is 76.2 Å². The second kappa shape index (κ2) is 9.42. The lowest BCUT2D eigenvalue weighted by atomic mass is 9.92.